The first-order valence-corrected chi connectivity index (χ1v) is 12.1. The highest BCUT2D eigenvalue weighted by molar-refractivity contribution is 5.93. The maximum Gasteiger partial charge on any atom is 0.344 e. The Balaban J connectivity index is 2.47. The maximum absolute atomic E-state index is 12.9. The largest absolute Gasteiger partial charge is 0.479 e. The monoisotopic (exact) mass is 472 g/mol. The molecular weight excluding hydrogens is 432 g/mol. The Morgan fingerprint density at radius 3 is 2.21 bits per heavy atom. The second-order valence-electron chi connectivity index (χ2n) is 9.52. The van der Waals surface area contributed by atoms with Crippen molar-refractivity contribution in [3.63, 3.8) is 0 Å². The van der Waals surface area contributed by atoms with Gasteiger partial charge in [0.15, 0.2) is 6.10 Å². The van der Waals surface area contributed by atoms with Gasteiger partial charge in [-0.3, -0.25) is 4.79 Å². The molecule has 3 N–H and O–H groups in total. The molecule has 0 fully saturated rings. The van der Waals surface area contributed by atoms with Gasteiger partial charge in [-0.25, -0.2) is 4.79 Å². The third-order valence-electron chi connectivity index (χ3n) is 6.55. The van der Waals surface area contributed by atoms with Crippen LogP contribution in [0.15, 0.2) is 30.5 Å². The van der Waals surface area contributed by atoms with Gasteiger partial charge < -0.3 is 24.8 Å². The third-order valence-corrected chi connectivity index (χ3v) is 6.55. The summed E-state index contributed by atoms with van der Waals surface area (Å²) in [6.45, 7) is 14.1. The molecule has 7 nitrogen and oxygen atoms in total. The molecule has 0 saturated heterocycles. The van der Waals surface area contributed by atoms with Gasteiger partial charge in [-0.05, 0) is 75.8 Å². The highest BCUT2D eigenvalue weighted by atomic mass is 16.5. The maximum atomic E-state index is 12.9. The number of carbonyl (C=O) groups excluding carboxylic acids is 1. The summed E-state index contributed by atoms with van der Waals surface area (Å²) in [5.74, 6) is -0.619. The molecule has 0 aliphatic rings. The zero-order valence-electron chi connectivity index (χ0n) is 21.6. The lowest BCUT2D eigenvalue weighted by molar-refractivity contribution is -0.145. The van der Waals surface area contributed by atoms with Gasteiger partial charge in [-0.15, -0.1) is 0 Å². The average Bonchev–Trinajstić information content (AvgIpc) is 3.22. The van der Waals surface area contributed by atoms with Crippen LogP contribution < -0.4 is 10.1 Å². The van der Waals surface area contributed by atoms with Crippen molar-refractivity contribution in [2.24, 2.45) is 0 Å². The van der Waals surface area contributed by atoms with Crippen LogP contribution >= 0.6 is 0 Å². The fourth-order valence-electron chi connectivity index (χ4n) is 4.39. The molecule has 188 valence electrons. The molecule has 2 aromatic rings. The van der Waals surface area contributed by atoms with Crippen LogP contribution in [0.1, 0.15) is 88.0 Å². The van der Waals surface area contributed by atoms with Crippen LogP contribution in [0.2, 0.25) is 0 Å². The SMILES string of the molecule is CCC(Oc1ccc(C(CC)(CC)c2cc(C(=O)NCC(C)(C)O)n(CC)c2)cc1C)C(=O)O. The Kier molecular flexibility index (Phi) is 8.95. The standard InChI is InChI=1S/C27H40N2O5/c1-8-22(25(31)32)34-23-13-12-19(14-18(23)5)27(9-2,10-3)20-15-21(29(11-4)16-20)24(30)28-17-26(6,7)33/h12-16,22,33H,8-11,17H2,1-7H3,(H,28,30)(H,31,32). The van der Waals surface area contributed by atoms with Crippen LogP contribution in [-0.2, 0) is 16.8 Å². The van der Waals surface area contributed by atoms with Crippen molar-refractivity contribution >= 4 is 11.9 Å². The Labute approximate surface area is 203 Å². The molecule has 1 aromatic carbocycles. The van der Waals surface area contributed by atoms with Crippen molar-refractivity contribution < 1.29 is 24.5 Å². The van der Waals surface area contributed by atoms with E-state index in [9.17, 15) is 19.8 Å². The van der Waals surface area contributed by atoms with Crippen LogP contribution in [0.5, 0.6) is 5.75 Å². The third kappa shape index (κ3) is 6.00. The molecule has 0 spiro atoms. The minimum absolute atomic E-state index is 0.165. The van der Waals surface area contributed by atoms with Gasteiger partial charge in [0.2, 0.25) is 0 Å². The van der Waals surface area contributed by atoms with E-state index in [1.165, 1.54) is 0 Å². The molecule has 1 atom stereocenters. The number of hydrogen-bond acceptors (Lipinski definition) is 4. The molecule has 34 heavy (non-hydrogen) atoms. The fourth-order valence-corrected chi connectivity index (χ4v) is 4.39. The predicted molar refractivity (Wildman–Crippen MR) is 134 cm³/mol. The number of ether oxygens (including phenoxy) is 1. The predicted octanol–water partition coefficient (Wildman–Crippen LogP) is 4.67. The van der Waals surface area contributed by atoms with Crippen molar-refractivity contribution in [2.45, 2.75) is 91.4 Å². The van der Waals surface area contributed by atoms with E-state index in [0.29, 0.717) is 24.4 Å². The number of carboxylic acid groups (broad SMARTS) is 1. The number of nitrogens with one attached hydrogen (secondary N) is 1. The lowest BCUT2D eigenvalue weighted by atomic mass is 9.71. The van der Waals surface area contributed by atoms with Gasteiger partial charge in [-0.2, -0.15) is 0 Å². The normalized spacial score (nSPS) is 12.9. The first kappa shape index (κ1) is 27.4. The quantitative estimate of drug-likeness (QED) is 0.417. The molecule has 0 aliphatic carbocycles. The average molecular weight is 473 g/mol. The van der Waals surface area contributed by atoms with Gasteiger partial charge in [-0.1, -0.05) is 32.9 Å². The number of carbonyl (C=O) groups is 2. The number of aliphatic hydroxyl groups is 1. The number of carboxylic acids is 1. The Morgan fingerprint density at radius 2 is 1.74 bits per heavy atom. The molecule has 0 bridgehead atoms. The number of aliphatic carboxylic acids is 1. The van der Waals surface area contributed by atoms with Crippen LogP contribution in [0, 0.1) is 6.92 Å². The molecule has 0 saturated carbocycles. The summed E-state index contributed by atoms with van der Waals surface area (Å²) < 4.78 is 7.69. The molecule has 1 amide bonds. The van der Waals surface area contributed by atoms with Crippen molar-refractivity contribution in [1.29, 1.82) is 0 Å². The molecule has 2 rings (SSSR count). The topological polar surface area (TPSA) is 101 Å². The Morgan fingerprint density at radius 1 is 1.09 bits per heavy atom. The number of hydrogen-bond donors (Lipinski definition) is 3. The van der Waals surface area contributed by atoms with Gasteiger partial charge in [0.05, 0.1) is 5.60 Å². The molecule has 1 heterocycles. The van der Waals surface area contributed by atoms with E-state index in [1.807, 2.05) is 42.8 Å². The first-order chi connectivity index (χ1) is 15.9. The number of aromatic nitrogens is 1. The lowest BCUT2D eigenvalue weighted by Gasteiger charge is -2.33. The Bertz CT molecular complexity index is 999. The van der Waals surface area contributed by atoms with E-state index >= 15 is 0 Å². The highest BCUT2D eigenvalue weighted by Crippen LogP contribution is 2.41. The minimum atomic E-state index is -0.989. The van der Waals surface area contributed by atoms with Crippen LogP contribution in [0.25, 0.3) is 0 Å². The summed E-state index contributed by atoms with van der Waals surface area (Å²) in [6, 6.07) is 7.87. The summed E-state index contributed by atoms with van der Waals surface area (Å²) in [5, 5.41) is 22.2. The fraction of sp³-hybridized carbons (Fsp3) is 0.556. The van der Waals surface area contributed by atoms with Gasteiger partial charge in [0.25, 0.3) is 5.91 Å². The Hall–Kier alpha value is -2.80. The second-order valence-corrected chi connectivity index (χ2v) is 9.52. The lowest BCUT2D eigenvalue weighted by Crippen LogP contribution is -2.38. The summed E-state index contributed by atoms with van der Waals surface area (Å²) in [6.07, 6.45) is 3.20. The van der Waals surface area contributed by atoms with Crippen molar-refractivity contribution in [1.82, 2.24) is 9.88 Å². The van der Waals surface area contributed by atoms with Crippen LogP contribution in [0.4, 0.5) is 0 Å². The van der Waals surface area contributed by atoms with E-state index in [4.69, 9.17) is 4.74 Å². The van der Waals surface area contributed by atoms with E-state index in [-0.39, 0.29) is 17.9 Å². The smallest absolute Gasteiger partial charge is 0.344 e. The number of rotatable bonds is 12. The minimum Gasteiger partial charge on any atom is -0.479 e. The number of benzene rings is 1. The second kappa shape index (κ2) is 11.1. The van der Waals surface area contributed by atoms with Crippen LogP contribution in [-0.4, -0.2) is 44.9 Å². The van der Waals surface area contributed by atoms with E-state index < -0.39 is 17.7 Å². The summed E-state index contributed by atoms with van der Waals surface area (Å²) >= 11 is 0. The summed E-state index contributed by atoms with van der Waals surface area (Å²) in [5.41, 5.74) is 2.29. The van der Waals surface area contributed by atoms with Gasteiger partial charge in [0, 0.05) is 24.7 Å². The van der Waals surface area contributed by atoms with E-state index in [1.54, 1.807) is 20.8 Å². The molecular formula is C27H40N2O5. The zero-order valence-corrected chi connectivity index (χ0v) is 21.6. The zero-order chi connectivity index (χ0) is 25.7. The van der Waals surface area contributed by atoms with Crippen LogP contribution in [0.3, 0.4) is 0 Å². The highest BCUT2D eigenvalue weighted by Gasteiger charge is 2.34. The van der Waals surface area contributed by atoms with Crippen molar-refractivity contribution in [3.8, 4) is 5.75 Å². The molecule has 1 aromatic heterocycles. The van der Waals surface area contributed by atoms with Gasteiger partial charge >= 0.3 is 5.97 Å². The summed E-state index contributed by atoms with van der Waals surface area (Å²) in [4.78, 5) is 24.3. The van der Waals surface area contributed by atoms with E-state index in [0.717, 1.165) is 29.5 Å². The molecule has 7 heteroatoms. The number of amides is 1. The summed E-state index contributed by atoms with van der Waals surface area (Å²) in [7, 11) is 0. The van der Waals surface area contributed by atoms with E-state index in [2.05, 4.69) is 25.2 Å². The molecule has 0 radical (unpaired) electrons. The number of nitrogens with zero attached hydrogens (tertiary/aromatic N) is 1. The van der Waals surface area contributed by atoms with Crippen molar-refractivity contribution in [2.75, 3.05) is 6.54 Å². The number of aryl methyl sites for hydroxylation is 2. The van der Waals surface area contributed by atoms with Gasteiger partial charge in [0.1, 0.15) is 11.4 Å². The first-order valence-electron chi connectivity index (χ1n) is 12.1. The van der Waals surface area contributed by atoms with Crippen molar-refractivity contribution in [3.05, 3.63) is 52.8 Å². The molecule has 1 unspecified atom stereocenters. The molecule has 0 aliphatic heterocycles.